The molecule has 11 heteroatoms. The minimum atomic E-state index is -2.72. The van der Waals surface area contributed by atoms with Gasteiger partial charge in [-0.25, -0.2) is 13.8 Å². The molecule has 0 amide bonds. The Hall–Kier alpha value is -3.08. The van der Waals surface area contributed by atoms with Crippen LogP contribution in [0.4, 0.5) is 19.0 Å². The van der Waals surface area contributed by atoms with E-state index in [9.17, 15) is 18.4 Å². The highest BCUT2D eigenvalue weighted by Crippen LogP contribution is 2.39. The van der Waals surface area contributed by atoms with Crippen molar-refractivity contribution < 1.29 is 17.9 Å². The van der Waals surface area contributed by atoms with Gasteiger partial charge in [0.15, 0.2) is 0 Å². The number of hydrogen-bond acceptors (Lipinski definition) is 7. The molecular weight excluding hydrogens is 445 g/mol. The second-order valence-corrected chi connectivity index (χ2v) is 8.13. The molecule has 2 aromatic rings. The summed E-state index contributed by atoms with van der Waals surface area (Å²) in [4.78, 5) is 9.91. The standard InChI is InChI=1S/C21H18ClF3N6O/c22-18-15(9-27)16-11-31(6-3-14(16)20(30-18)28-5-4-26)10-12-1-2-17(29-19(12)23)32-13-7-21(24,25)8-13/h1-2,13H,3,5-8,10-11H2,(H,28,30). The van der Waals surface area contributed by atoms with E-state index in [0.717, 1.165) is 5.56 Å². The summed E-state index contributed by atoms with van der Waals surface area (Å²) in [6.07, 6.45) is -0.911. The largest absolute Gasteiger partial charge is 0.474 e. The summed E-state index contributed by atoms with van der Waals surface area (Å²) in [6, 6.07) is 7.05. The number of aromatic nitrogens is 2. The molecule has 2 aliphatic rings. The Kier molecular flexibility index (Phi) is 6.09. The third kappa shape index (κ3) is 4.57. The molecule has 0 saturated heterocycles. The lowest BCUT2D eigenvalue weighted by Crippen LogP contribution is -2.43. The molecule has 1 N–H and O–H groups in total. The van der Waals surface area contributed by atoms with E-state index in [2.05, 4.69) is 21.4 Å². The van der Waals surface area contributed by atoms with Crippen LogP contribution in [0.15, 0.2) is 12.1 Å². The van der Waals surface area contributed by atoms with Crippen molar-refractivity contribution in [3.8, 4) is 18.0 Å². The molecule has 166 valence electrons. The fourth-order valence-electron chi connectivity index (χ4n) is 3.91. The van der Waals surface area contributed by atoms with Crippen molar-refractivity contribution in [3.05, 3.63) is 45.5 Å². The Labute approximate surface area is 187 Å². The molecule has 0 bridgehead atoms. The molecule has 0 atom stereocenters. The van der Waals surface area contributed by atoms with Crippen molar-refractivity contribution in [2.75, 3.05) is 18.4 Å². The number of anilines is 1. The van der Waals surface area contributed by atoms with Crippen LogP contribution in [-0.2, 0) is 19.5 Å². The minimum Gasteiger partial charge on any atom is -0.474 e. The maximum atomic E-state index is 14.5. The number of alkyl halides is 2. The van der Waals surface area contributed by atoms with Crippen LogP contribution in [0.25, 0.3) is 0 Å². The molecule has 0 aromatic carbocycles. The normalized spacial score (nSPS) is 17.6. The number of halogens is 4. The van der Waals surface area contributed by atoms with Crippen LogP contribution < -0.4 is 10.1 Å². The van der Waals surface area contributed by atoms with Crippen LogP contribution in [0.3, 0.4) is 0 Å². The van der Waals surface area contributed by atoms with Gasteiger partial charge in [0.2, 0.25) is 11.8 Å². The minimum absolute atomic E-state index is 0.0198. The fraction of sp³-hybridized carbons (Fsp3) is 0.429. The number of pyridine rings is 2. The van der Waals surface area contributed by atoms with E-state index in [1.807, 2.05) is 11.0 Å². The maximum absolute atomic E-state index is 14.5. The van der Waals surface area contributed by atoms with E-state index in [-0.39, 0.29) is 29.7 Å². The van der Waals surface area contributed by atoms with Crippen LogP contribution in [0.2, 0.25) is 5.15 Å². The highest BCUT2D eigenvalue weighted by Gasteiger charge is 2.47. The van der Waals surface area contributed by atoms with Crippen LogP contribution in [-0.4, -0.2) is 40.0 Å². The second-order valence-electron chi connectivity index (χ2n) is 7.77. The highest BCUT2D eigenvalue weighted by molar-refractivity contribution is 6.30. The van der Waals surface area contributed by atoms with Gasteiger partial charge in [-0.05, 0) is 18.1 Å². The van der Waals surface area contributed by atoms with Gasteiger partial charge in [-0.2, -0.15) is 19.9 Å². The molecule has 1 aliphatic carbocycles. The molecule has 1 saturated carbocycles. The first-order valence-corrected chi connectivity index (χ1v) is 10.3. The van der Waals surface area contributed by atoms with Gasteiger partial charge in [-0.3, -0.25) is 4.90 Å². The van der Waals surface area contributed by atoms with Gasteiger partial charge in [0.05, 0.1) is 11.6 Å². The molecular formula is C21H18ClF3N6O. The Morgan fingerprint density at radius 1 is 1.25 bits per heavy atom. The summed E-state index contributed by atoms with van der Waals surface area (Å²) in [5.41, 5.74) is 2.09. The smallest absolute Gasteiger partial charge is 0.255 e. The lowest BCUT2D eigenvalue weighted by molar-refractivity contribution is -0.135. The van der Waals surface area contributed by atoms with Crippen LogP contribution in [0, 0.1) is 28.6 Å². The van der Waals surface area contributed by atoms with E-state index in [4.69, 9.17) is 21.6 Å². The van der Waals surface area contributed by atoms with E-state index in [0.29, 0.717) is 36.5 Å². The van der Waals surface area contributed by atoms with Crippen LogP contribution >= 0.6 is 11.6 Å². The third-order valence-corrected chi connectivity index (χ3v) is 5.78. The van der Waals surface area contributed by atoms with Crippen LogP contribution in [0.5, 0.6) is 5.88 Å². The van der Waals surface area contributed by atoms with E-state index < -0.39 is 30.8 Å². The average Bonchev–Trinajstić information content (AvgIpc) is 2.72. The predicted octanol–water partition coefficient (Wildman–Crippen LogP) is 3.81. The summed E-state index contributed by atoms with van der Waals surface area (Å²) in [6.45, 7) is 1.19. The van der Waals surface area contributed by atoms with Gasteiger partial charge < -0.3 is 10.1 Å². The van der Waals surface area contributed by atoms with E-state index >= 15 is 0 Å². The molecule has 1 aliphatic heterocycles. The molecule has 3 heterocycles. The Bertz CT molecular complexity index is 1120. The molecule has 4 rings (SSSR count). The number of nitrogens with one attached hydrogen (secondary N) is 1. The Balaban J connectivity index is 1.48. The van der Waals surface area contributed by atoms with Crippen molar-refractivity contribution in [2.45, 2.75) is 44.4 Å². The maximum Gasteiger partial charge on any atom is 0.255 e. The number of nitrogens with zero attached hydrogens (tertiary/aromatic N) is 5. The first kappa shape index (κ1) is 22.1. The predicted molar refractivity (Wildman–Crippen MR) is 109 cm³/mol. The van der Waals surface area contributed by atoms with Crippen molar-refractivity contribution in [3.63, 3.8) is 0 Å². The van der Waals surface area contributed by atoms with Crippen molar-refractivity contribution in [2.24, 2.45) is 0 Å². The highest BCUT2D eigenvalue weighted by atomic mass is 35.5. The molecule has 2 aromatic heterocycles. The van der Waals surface area contributed by atoms with Gasteiger partial charge in [0.25, 0.3) is 5.92 Å². The fourth-order valence-corrected chi connectivity index (χ4v) is 4.15. The van der Waals surface area contributed by atoms with Crippen molar-refractivity contribution in [1.82, 2.24) is 14.9 Å². The Morgan fingerprint density at radius 3 is 2.69 bits per heavy atom. The number of ether oxygens (including phenoxy) is 1. The summed E-state index contributed by atoms with van der Waals surface area (Å²) < 4.78 is 45.7. The summed E-state index contributed by atoms with van der Waals surface area (Å²) >= 11 is 6.17. The average molecular weight is 463 g/mol. The summed E-state index contributed by atoms with van der Waals surface area (Å²) in [5, 5.41) is 21.3. The van der Waals surface area contributed by atoms with Crippen molar-refractivity contribution >= 4 is 17.4 Å². The zero-order valence-corrected chi connectivity index (χ0v) is 17.6. The SMILES string of the molecule is N#CCNc1nc(Cl)c(C#N)c2c1CCN(Cc1ccc(OC3CC(F)(F)C3)nc1F)C2. The molecule has 1 fully saturated rings. The Morgan fingerprint density at radius 2 is 2.03 bits per heavy atom. The zero-order chi connectivity index (χ0) is 22.9. The van der Waals surface area contributed by atoms with Gasteiger partial charge in [-0.1, -0.05) is 11.6 Å². The molecule has 0 spiro atoms. The van der Waals surface area contributed by atoms with Crippen molar-refractivity contribution in [1.29, 1.82) is 10.5 Å². The number of hydrogen-bond donors (Lipinski definition) is 1. The monoisotopic (exact) mass is 462 g/mol. The number of rotatable bonds is 6. The van der Waals surface area contributed by atoms with Crippen LogP contribution in [0.1, 0.15) is 35.1 Å². The quantitative estimate of drug-likeness (QED) is 0.515. The van der Waals surface area contributed by atoms with Gasteiger partial charge >= 0.3 is 0 Å². The van der Waals surface area contributed by atoms with E-state index in [1.165, 1.54) is 12.1 Å². The van der Waals surface area contributed by atoms with Gasteiger partial charge in [-0.15, -0.1) is 0 Å². The molecule has 0 radical (unpaired) electrons. The second kappa shape index (κ2) is 8.81. The zero-order valence-electron chi connectivity index (χ0n) is 16.8. The molecule has 7 nitrogen and oxygen atoms in total. The first-order valence-electron chi connectivity index (χ1n) is 9.94. The molecule has 0 unspecified atom stereocenters. The lowest BCUT2D eigenvalue weighted by atomic mass is 9.91. The lowest BCUT2D eigenvalue weighted by Gasteiger charge is -2.34. The third-order valence-electron chi connectivity index (χ3n) is 5.51. The number of fused-ring (bicyclic) bond motifs is 1. The molecule has 32 heavy (non-hydrogen) atoms. The first-order chi connectivity index (χ1) is 15.3. The summed E-state index contributed by atoms with van der Waals surface area (Å²) in [7, 11) is 0. The summed E-state index contributed by atoms with van der Waals surface area (Å²) in [5.74, 6) is -3.00. The van der Waals surface area contributed by atoms with Gasteiger partial charge in [0, 0.05) is 49.7 Å². The van der Waals surface area contributed by atoms with E-state index in [1.54, 1.807) is 0 Å². The topological polar surface area (TPSA) is 97.9 Å². The van der Waals surface area contributed by atoms with Gasteiger partial charge in [0.1, 0.15) is 29.7 Å². The number of nitriles is 2.